The molecule has 0 saturated carbocycles. The van der Waals surface area contributed by atoms with Crippen LogP contribution in [0.3, 0.4) is 0 Å². The highest BCUT2D eigenvalue weighted by Crippen LogP contribution is 2.37. The molecule has 0 aliphatic carbocycles. The Bertz CT molecular complexity index is 777. The maximum absolute atomic E-state index is 12.9. The summed E-state index contributed by atoms with van der Waals surface area (Å²) in [5.74, 6) is 0.499. The topological polar surface area (TPSA) is 71.5 Å². The fourth-order valence-corrected chi connectivity index (χ4v) is 3.63. The fourth-order valence-electron chi connectivity index (χ4n) is 3.63. The third kappa shape index (κ3) is 4.27. The van der Waals surface area contributed by atoms with Gasteiger partial charge in [0.15, 0.2) is 0 Å². The van der Waals surface area contributed by atoms with Crippen molar-refractivity contribution < 1.29 is 14.3 Å². The van der Waals surface area contributed by atoms with Gasteiger partial charge in [-0.1, -0.05) is 18.2 Å². The molecule has 1 aromatic heterocycles. The van der Waals surface area contributed by atoms with Crippen molar-refractivity contribution in [2.75, 3.05) is 13.7 Å². The van der Waals surface area contributed by atoms with Gasteiger partial charge in [-0.05, 0) is 43.2 Å². The zero-order valence-corrected chi connectivity index (χ0v) is 15.7. The van der Waals surface area contributed by atoms with Crippen LogP contribution in [-0.2, 0) is 16.1 Å². The van der Waals surface area contributed by atoms with Crippen LogP contribution in [-0.4, -0.2) is 35.4 Å². The molecule has 1 saturated heterocycles. The largest absolute Gasteiger partial charge is 0.497 e. The molecule has 6 heteroatoms. The van der Waals surface area contributed by atoms with Crippen molar-refractivity contribution in [3.05, 3.63) is 59.9 Å². The molecular formula is C21H25N3O3. The monoisotopic (exact) mass is 367 g/mol. The van der Waals surface area contributed by atoms with Crippen LogP contribution in [0.5, 0.6) is 5.75 Å². The summed E-state index contributed by atoms with van der Waals surface area (Å²) in [6.45, 7) is 2.90. The molecule has 2 amide bonds. The Balaban J connectivity index is 1.81. The van der Waals surface area contributed by atoms with Gasteiger partial charge in [0.1, 0.15) is 5.75 Å². The van der Waals surface area contributed by atoms with Crippen molar-refractivity contribution in [3.63, 3.8) is 0 Å². The zero-order chi connectivity index (χ0) is 19.2. The van der Waals surface area contributed by atoms with E-state index in [-0.39, 0.29) is 23.8 Å². The highest BCUT2D eigenvalue weighted by molar-refractivity contribution is 5.85. The minimum Gasteiger partial charge on any atom is -0.497 e. The lowest BCUT2D eigenvalue weighted by Crippen LogP contribution is -2.47. The predicted molar refractivity (Wildman–Crippen MR) is 102 cm³/mol. The second kappa shape index (κ2) is 8.66. The fraction of sp³-hybridized carbons (Fsp3) is 0.381. The summed E-state index contributed by atoms with van der Waals surface area (Å²) in [6.07, 6.45) is 2.64. The number of benzene rings is 1. The minimum atomic E-state index is -0.292. The molecule has 2 aromatic rings. The molecule has 0 unspecified atom stereocenters. The van der Waals surface area contributed by atoms with E-state index in [4.69, 9.17) is 4.74 Å². The van der Waals surface area contributed by atoms with Gasteiger partial charge in [0.2, 0.25) is 11.8 Å². The molecular weight excluding hydrogens is 342 g/mol. The summed E-state index contributed by atoms with van der Waals surface area (Å²) < 4.78 is 5.23. The highest BCUT2D eigenvalue weighted by Gasteiger charge is 2.39. The number of methoxy groups -OCH3 is 1. The average molecular weight is 367 g/mol. The van der Waals surface area contributed by atoms with Crippen LogP contribution >= 0.6 is 0 Å². The van der Waals surface area contributed by atoms with Gasteiger partial charge in [-0.25, -0.2) is 0 Å². The molecule has 3 rings (SSSR count). The Morgan fingerprint density at radius 3 is 2.67 bits per heavy atom. The number of pyridine rings is 1. The van der Waals surface area contributed by atoms with E-state index in [1.54, 1.807) is 18.2 Å². The number of aromatic nitrogens is 1. The molecule has 27 heavy (non-hydrogen) atoms. The molecule has 1 aromatic carbocycles. The summed E-state index contributed by atoms with van der Waals surface area (Å²) in [5.41, 5.74) is 1.76. The molecule has 6 nitrogen and oxygen atoms in total. The Morgan fingerprint density at radius 2 is 2.04 bits per heavy atom. The third-order valence-corrected chi connectivity index (χ3v) is 5.01. The number of ether oxygens (including phenoxy) is 1. The van der Waals surface area contributed by atoms with E-state index in [2.05, 4.69) is 10.3 Å². The molecule has 1 N–H and O–H groups in total. The number of likely N-dealkylation sites (tertiary alicyclic amines) is 1. The van der Waals surface area contributed by atoms with E-state index in [0.717, 1.165) is 17.0 Å². The SMILES string of the molecule is CCN1C(=O)CC[C@@H](C(=O)NCc2ccccn2)[C@@H]1c1ccc(OC)cc1. The number of amides is 2. The first-order chi connectivity index (χ1) is 13.1. The maximum Gasteiger partial charge on any atom is 0.225 e. The first-order valence-electron chi connectivity index (χ1n) is 9.25. The molecule has 1 aliphatic heterocycles. The van der Waals surface area contributed by atoms with E-state index >= 15 is 0 Å². The first kappa shape index (κ1) is 18.9. The van der Waals surface area contributed by atoms with E-state index in [1.165, 1.54) is 0 Å². The minimum absolute atomic E-state index is 0.0487. The van der Waals surface area contributed by atoms with Crippen LogP contribution in [0.2, 0.25) is 0 Å². The number of nitrogens with zero attached hydrogens (tertiary/aromatic N) is 2. The van der Waals surface area contributed by atoms with Crippen LogP contribution in [0, 0.1) is 5.92 Å². The van der Waals surface area contributed by atoms with Crippen molar-refractivity contribution in [2.24, 2.45) is 5.92 Å². The Morgan fingerprint density at radius 1 is 1.26 bits per heavy atom. The van der Waals surface area contributed by atoms with Gasteiger partial charge in [-0.2, -0.15) is 0 Å². The Hall–Kier alpha value is -2.89. The lowest BCUT2D eigenvalue weighted by atomic mass is 9.83. The zero-order valence-electron chi connectivity index (χ0n) is 15.7. The van der Waals surface area contributed by atoms with Crippen LogP contribution in [0.15, 0.2) is 48.7 Å². The van der Waals surface area contributed by atoms with Crippen LogP contribution in [0.25, 0.3) is 0 Å². The first-order valence-corrected chi connectivity index (χ1v) is 9.25. The van der Waals surface area contributed by atoms with Crippen LogP contribution in [0.4, 0.5) is 0 Å². The third-order valence-electron chi connectivity index (χ3n) is 5.01. The maximum atomic E-state index is 12.9. The quantitative estimate of drug-likeness (QED) is 0.852. The summed E-state index contributed by atoms with van der Waals surface area (Å²) in [4.78, 5) is 31.4. The predicted octanol–water partition coefficient (Wildman–Crippen LogP) is 2.71. The second-order valence-electron chi connectivity index (χ2n) is 6.58. The van der Waals surface area contributed by atoms with E-state index in [0.29, 0.717) is 25.9 Å². The van der Waals surface area contributed by atoms with Gasteiger partial charge in [0.25, 0.3) is 0 Å². The molecule has 0 radical (unpaired) electrons. The number of hydrogen-bond acceptors (Lipinski definition) is 4. The molecule has 0 spiro atoms. The summed E-state index contributed by atoms with van der Waals surface area (Å²) in [5, 5.41) is 2.99. The Labute approximate surface area is 159 Å². The number of hydrogen-bond donors (Lipinski definition) is 1. The normalized spacial score (nSPS) is 19.6. The van der Waals surface area contributed by atoms with Crippen LogP contribution < -0.4 is 10.1 Å². The Kier molecular flexibility index (Phi) is 6.06. The molecule has 142 valence electrons. The molecule has 1 fully saturated rings. The number of carbonyl (C=O) groups is 2. The second-order valence-corrected chi connectivity index (χ2v) is 6.58. The van der Waals surface area contributed by atoms with Crippen LogP contribution in [0.1, 0.15) is 37.1 Å². The smallest absolute Gasteiger partial charge is 0.225 e. The molecule has 2 atom stereocenters. The summed E-state index contributed by atoms with van der Waals surface area (Å²) in [7, 11) is 1.62. The lowest BCUT2D eigenvalue weighted by molar-refractivity contribution is -0.143. The number of piperidine rings is 1. The van der Waals surface area contributed by atoms with Crippen molar-refractivity contribution >= 4 is 11.8 Å². The van der Waals surface area contributed by atoms with Gasteiger partial charge in [0.05, 0.1) is 31.3 Å². The molecule has 1 aliphatic rings. The summed E-state index contributed by atoms with van der Waals surface area (Å²) in [6, 6.07) is 12.9. The number of nitrogens with one attached hydrogen (secondary N) is 1. The van der Waals surface area contributed by atoms with Crippen molar-refractivity contribution in [3.8, 4) is 5.75 Å². The van der Waals surface area contributed by atoms with Crippen molar-refractivity contribution in [1.82, 2.24) is 15.2 Å². The van der Waals surface area contributed by atoms with E-state index in [9.17, 15) is 9.59 Å². The van der Waals surface area contributed by atoms with Gasteiger partial charge in [-0.3, -0.25) is 14.6 Å². The molecule has 2 heterocycles. The van der Waals surface area contributed by atoms with Gasteiger partial charge in [0, 0.05) is 19.2 Å². The summed E-state index contributed by atoms with van der Waals surface area (Å²) >= 11 is 0. The van der Waals surface area contributed by atoms with Gasteiger partial charge >= 0.3 is 0 Å². The van der Waals surface area contributed by atoms with Crippen molar-refractivity contribution in [1.29, 1.82) is 0 Å². The average Bonchev–Trinajstić information content (AvgIpc) is 2.72. The molecule has 0 bridgehead atoms. The van der Waals surface area contributed by atoms with E-state index < -0.39 is 0 Å². The van der Waals surface area contributed by atoms with Gasteiger partial charge in [-0.15, -0.1) is 0 Å². The van der Waals surface area contributed by atoms with Crippen molar-refractivity contribution in [2.45, 2.75) is 32.4 Å². The van der Waals surface area contributed by atoms with E-state index in [1.807, 2.05) is 49.4 Å². The lowest BCUT2D eigenvalue weighted by Gasteiger charge is -2.40. The standard InChI is InChI=1S/C21H25N3O3/c1-3-24-19(25)12-11-18(20(24)15-7-9-17(27-2)10-8-15)21(26)23-14-16-6-4-5-13-22-16/h4-10,13,18,20H,3,11-12,14H2,1-2H3,(H,23,26)/t18-,20+/m1/s1. The highest BCUT2D eigenvalue weighted by atomic mass is 16.5. The number of rotatable bonds is 6. The van der Waals surface area contributed by atoms with Gasteiger partial charge < -0.3 is 15.0 Å². The number of carbonyl (C=O) groups excluding carboxylic acids is 2.